The number of amides is 2. The first-order valence-electron chi connectivity index (χ1n) is 9.08. The first-order chi connectivity index (χ1) is 12.1. The molecule has 6 heteroatoms. The van der Waals surface area contributed by atoms with Crippen molar-refractivity contribution in [2.75, 3.05) is 13.1 Å². The standard InChI is InChI=1S/C19H28N2O4/c1-2-3-5-10-17(22)11-13-20-18(23)12-14-21(20)19(24)25-15-16-8-6-4-7-9-16/h4,6-9,17,22H,2-3,5,10-15H2,1H3. The van der Waals surface area contributed by atoms with Crippen LogP contribution in [0.25, 0.3) is 0 Å². The van der Waals surface area contributed by atoms with Gasteiger partial charge in [-0.1, -0.05) is 56.5 Å². The van der Waals surface area contributed by atoms with Crippen molar-refractivity contribution in [2.45, 2.75) is 58.2 Å². The molecule has 1 aliphatic heterocycles. The highest BCUT2D eigenvalue weighted by molar-refractivity contribution is 5.82. The van der Waals surface area contributed by atoms with Crippen molar-refractivity contribution in [1.29, 1.82) is 0 Å². The minimum Gasteiger partial charge on any atom is -0.443 e. The molecule has 1 heterocycles. The third-order valence-corrected chi connectivity index (χ3v) is 4.35. The summed E-state index contributed by atoms with van der Waals surface area (Å²) in [7, 11) is 0. The number of rotatable bonds is 9. The molecule has 0 spiro atoms. The van der Waals surface area contributed by atoms with Gasteiger partial charge in [-0.3, -0.25) is 4.79 Å². The first-order valence-corrected chi connectivity index (χ1v) is 9.08. The Bertz CT molecular complexity index is 550. The van der Waals surface area contributed by atoms with Crippen molar-refractivity contribution in [3.05, 3.63) is 35.9 Å². The normalized spacial score (nSPS) is 15.5. The number of ether oxygens (including phenoxy) is 1. The molecule has 0 aromatic heterocycles. The van der Waals surface area contributed by atoms with E-state index in [1.807, 2.05) is 30.3 Å². The van der Waals surface area contributed by atoms with Gasteiger partial charge in [-0.2, -0.15) is 0 Å². The summed E-state index contributed by atoms with van der Waals surface area (Å²) in [5.41, 5.74) is 0.902. The molecule has 1 unspecified atom stereocenters. The molecule has 0 radical (unpaired) electrons. The Morgan fingerprint density at radius 3 is 2.72 bits per heavy atom. The van der Waals surface area contributed by atoms with E-state index in [9.17, 15) is 14.7 Å². The van der Waals surface area contributed by atoms with Gasteiger partial charge in [0.25, 0.3) is 0 Å². The minimum atomic E-state index is -0.518. The summed E-state index contributed by atoms with van der Waals surface area (Å²) < 4.78 is 5.31. The van der Waals surface area contributed by atoms with Crippen molar-refractivity contribution in [3.63, 3.8) is 0 Å². The highest BCUT2D eigenvalue weighted by Gasteiger charge is 2.33. The van der Waals surface area contributed by atoms with Crippen LogP contribution >= 0.6 is 0 Å². The summed E-state index contributed by atoms with van der Waals surface area (Å²) in [6.45, 7) is 2.97. The Balaban J connectivity index is 1.80. The Kier molecular flexibility index (Phi) is 7.73. The lowest BCUT2D eigenvalue weighted by molar-refractivity contribution is -0.137. The second-order valence-electron chi connectivity index (χ2n) is 6.37. The third-order valence-electron chi connectivity index (χ3n) is 4.35. The number of nitrogens with zero attached hydrogens (tertiary/aromatic N) is 2. The molecule has 6 nitrogen and oxygen atoms in total. The van der Waals surface area contributed by atoms with Crippen molar-refractivity contribution in [3.8, 4) is 0 Å². The number of aliphatic hydroxyl groups excluding tert-OH is 1. The largest absolute Gasteiger partial charge is 0.443 e. The van der Waals surface area contributed by atoms with Gasteiger partial charge in [-0.15, -0.1) is 0 Å². The lowest BCUT2D eigenvalue weighted by Gasteiger charge is -2.27. The number of unbranched alkanes of at least 4 members (excludes halogenated alkanes) is 2. The van der Waals surface area contributed by atoms with E-state index < -0.39 is 12.2 Å². The van der Waals surface area contributed by atoms with Gasteiger partial charge < -0.3 is 9.84 Å². The fourth-order valence-electron chi connectivity index (χ4n) is 2.86. The van der Waals surface area contributed by atoms with Crippen molar-refractivity contribution in [2.24, 2.45) is 0 Å². The van der Waals surface area contributed by atoms with Crippen LogP contribution in [0.4, 0.5) is 4.79 Å². The summed E-state index contributed by atoms with van der Waals surface area (Å²) in [4.78, 5) is 24.3. The molecular formula is C19H28N2O4. The number of hydrogen-bond donors (Lipinski definition) is 1. The van der Waals surface area contributed by atoms with E-state index in [2.05, 4.69) is 6.92 Å². The van der Waals surface area contributed by atoms with E-state index in [-0.39, 0.29) is 12.5 Å². The van der Waals surface area contributed by atoms with Crippen LogP contribution in [0.5, 0.6) is 0 Å². The summed E-state index contributed by atoms with van der Waals surface area (Å²) >= 11 is 0. The molecule has 2 amide bonds. The van der Waals surface area contributed by atoms with Crippen molar-refractivity contribution >= 4 is 12.0 Å². The fourth-order valence-corrected chi connectivity index (χ4v) is 2.86. The first kappa shape index (κ1) is 19.2. The third kappa shape index (κ3) is 6.05. The highest BCUT2D eigenvalue weighted by Crippen LogP contribution is 2.17. The molecule has 1 atom stereocenters. The second-order valence-corrected chi connectivity index (χ2v) is 6.37. The lowest BCUT2D eigenvalue weighted by atomic mass is 10.1. The average Bonchev–Trinajstić information content (AvgIpc) is 3.00. The summed E-state index contributed by atoms with van der Waals surface area (Å²) in [5, 5.41) is 12.8. The maximum absolute atomic E-state index is 12.3. The molecular weight excluding hydrogens is 320 g/mol. The van der Waals surface area contributed by atoms with Crippen LogP contribution in [-0.2, 0) is 16.1 Å². The topological polar surface area (TPSA) is 70.1 Å². The van der Waals surface area contributed by atoms with Gasteiger partial charge >= 0.3 is 6.09 Å². The zero-order valence-corrected chi connectivity index (χ0v) is 14.9. The number of aliphatic hydroxyl groups is 1. The molecule has 2 rings (SSSR count). The average molecular weight is 348 g/mol. The smallest absolute Gasteiger partial charge is 0.429 e. The van der Waals surface area contributed by atoms with Gasteiger partial charge in [0.1, 0.15) is 6.61 Å². The van der Waals surface area contributed by atoms with E-state index in [4.69, 9.17) is 4.74 Å². The monoisotopic (exact) mass is 348 g/mol. The molecule has 138 valence electrons. The molecule has 25 heavy (non-hydrogen) atoms. The molecule has 1 N–H and O–H groups in total. The van der Waals surface area contributed by atoms with Crippen LogP contribution in [0.1, 0.15) is 51.0 Å². The quantitative estimate of drug-likeness (QED) is 0.696. The molecule has 1 saturated heterocycles. The van der Waals surface area contributed by atoms with E-state index in [1.54, 1.807) is 0 Å². The molecule has 1 aromatic carbocycles. The van der Waals surface area contributed by atoms with Crippen LogP contribution in [0.15, 0.2) is 30.3 Å². The van der Waals surface area contributed by atoms with Crippen LogP contribution < -0.4 is 0 Å². The van der Waals surface area contributed by atoms with Gasteiger partial charge in [-0.25, -0.2) is 14.8 Å². The van der Waals surface area contributed by atoms with Gasteiger partial charge in [-0.05, 0) is 18.4 Å². The number of hydrogen-bond acceptors (Lipinski definition) is 4. The Labute approximate surface area is 149 Å². The van der Waals surface area contributed by atoms with Crippen LogP contribution in [0, 0.1) is 0 Å². The molecule has 1 aliphatic rings. The zero-order chi connectivity index (χ0) is 18.1. The maximum atomic E-state index is 12.3. The SMILES string of the molecule is CCCCCC(O)CCN1C(=O)CCN1C(=O)OCc1ccccc1. The van der Waals surface area contributed by atoms with Crippen molar-refractivity contribution < 1.29 is 19.4 Å². The number of carbonyl (C=O) groups excluding carboxylic acids is 2. The Hall–Kier alpha value is -2.08. The van der Waals surface area contributed by atoms with Crippen molar-refractivity contribution in [1.82, 2.24) is 10.0 Å². The summed E-state index contributed by atoms with van der Waals surface area (Å²) in [6, 6.07) is 9.43. The predicted molar refractivity (Wildman–Crippen MR) is 94.4 cm³/mol. The van der Waals surface area contributed by atoms with Crippen LogP contribution in [0.2, 0.25) is 0 Å². The molecule has 1 aromatic rings. The van der Waals surface area contributed by atoms with Crippen LogP contribution in [0.3, 0.4) is 0 Å². The second kappa shape index (κ2) is 10.0. The van der Waals surface area contributed by atoms with Gasteiger partial charge in [0.05, 0.1) is 12.6 Å². The zero-order valence-electron chi connectivity index (χ0n) is 14.9. The molecule has 0 saturated carbocycles. The Morgan fingerprint density at radius 2 is 2.00 bits per heavy atom. The molecule has 0 aliphatic carbocycles. The Morgan fingerprint density at radius 1 is 1.24 bits per heavy atom. The summed E-state index contributed by atoms with van der Waals surface area (Å²) in [6.07, 6.45) is 3.72. The highest BCUT2D eigenvalue weighted by atomic mass is 16.6. The molecule has 0 bridgehead atoms. The number of benzene rings is 1. The number of carbonyl (C=O) groups is 2. The van der Waals surface area contributed by atoms with Gasteiger partial charge in [0.15, 0.2) is 0 Å². The molecule has 1 fully saturated rings. The van der Waals surface area contributed by atoms with Gasteiger partial charge in [0, 0.05) is 13.0 Å². The minimum absolute atomic E-state index is 0.0996. The van der Waals surface area contributed by atoms with E-state index >= 15 is 0 Å². The van der Waals surface area contributed by atoms with E-state index in [1.165, 1.54) is 10.0 Å². The lowest BCUT2D eigenvalue weighted by Crippen LogP contribution is -2.44. The fraction of sp³-hybridized carbons (Fsp3) is 0.579. The number of hydrazine groups is 1. The summed E-state index contributed by atoms with van der Waals surface area (Å²) in [5.74, 6) is -0.0996. The van der Waals surface area contributed by atoms with Crippen LogP contribution in [-0.4, -0.2) is 46.3 Å². The van der Waals surface area contributed by atoms with Gasteiger partial charge in [0.2, 0.25) is 5.91 Å². The van der Waals surface area contributed by atoms with E-state index in [0.717, 1.165) is 31.2 Å². The van der Waals surface area contributed by atoms with E-state index in [0.29, 0.717) is 25.9 Å². The predicted octanol–water partition coefficient (Wildman–Crippen LogP) is 3.10. The maximum Gasteiger partial charge on any atom is 0.429 e.